The molecule has 154 valence electrons. The van der Waals surface area contributed by atoms with Gasteiger partial charge in [0.25, 0.3) is 5.91 Å². The van der Waals surface area contributed by atoms with Crippen LogP contribution in [-0.4, -0.2) is 26.9 Å². The van der Waals surface area contributed by atoms with Gasteiger partial charge < -0.3 is 10.2 Å². The van der Waals surface area contributed by atoms with E-state index in [2.05, 4.69) is 36.3 Å². The second-order valence-corrected chi connectivity index (χ2v) is 8.72. The van der Waals surface area contributed by atoms with Gasteiger partial charge in [0.15, 0.2) is 5.82 Å². The molecule has 0 spiro atoms. The molecule has 1 aliphatic rings. The predicted octanol–water partition coefficient (Wildman–Crippen LogP) is 4.04. The Labute approximate surface area is 176 Å². The number of nitrogens with one attached hydrogen (secondary N) is 2. The van der Waals surface area contributed by atoms with Crippen molar-refractivity contribution in [3.8, 4) is 0 Å². The fourth-order valence-corrected chi connectivity index (χ4v) is 3.60. The van der Waals surface area contributed by atoms with E-state index in [4.69, 9.17) is 0 Å². The highest BCUT2D eigenvalue weighted by molar-refractivity contribution is 6.04. The molecule has 0 fully saturated rings. The number of hydrogen-bond donors (Lipinski definition) is 2. The Hall–Kier alpha value is -3.41. The van der Waals surface area contributed by atoms with Crippen LogP contribution in [0.4, 0.5) is 5.82 Å². The van der Waals surface area contributed by atoms with Crippen LogP contribution in [0, 0.1) is 0 Å². The first-order valence-corrected chi connectivity index (χ1v) is 10.1. The van der Waals surface area contributed by atoms with Crippen molar-refractivity contribution in [2.75, 3.05) is 5.32 Å². The van der Waals surface area contributed by atoms with Crippen LogP contribution in [0.25, 0.3) is 0 Å². The smallest absolute Gasteiger partial charge is 0.256 e. The summed E-state index contributed by atoms with van der Waals surface area (Å²) in [4.78, 5) is 27.1. The molecule has 0 bridgehead atoms. The molecule has 1 aliphatic heterocycles. The number of nitrogens with zero attached hydrogens (tertiary/aromatic N) is 2. The Morgan fingerprint density at radius 3 is 2.40 bits per heavy atom. The molecule has 3 aromatic rings. The maximum absolute atomic E-state index is 12.7. The average Bonchev–Trinajstić information content (AvgIpc) is 3.30. The molecule has 30 heavy (non-hydrogen) atoms. The van der Waals surface area contributed by atoms with E-state index >= 15 is 0 Å². The number of rotatable bonds is 4. The van der Waals surface area contributed by atoms with Crippen LogP contribution in [0.2, 0.25) is 0 Å². The van der Waals surface area contributed by atoms with E-state index in [-0.39, 0.29) is 17.2 Å². The third kappa shape index (κ3) is 4.13. The first-order chi connectivity index (χ1) is 14.3. The van der Waals surface area contributed by atoms with Crippen LogP contribution in [-0.2, 0) is 29.7 Å². The Bertz CT molecular complexity index is 1060. The normalized spacial score (nSPS) is 13.2. The quantitative estimate of drug-likeness (QED) is 0.691. The van der Waals surface area contributed by atoms with Crippen molar-refractivity contribution in [1.29, 1.82) is 0 Å². The van der Waals surface area contributed by atoms with Gasteiger partial charge in [0.2, 0.25) is 5.91 Å². The highest BCUT2D eigenvalue weighted by Crippen LogP contribution is 2.28. The molecule has 4 rings (SSSR count). The molecule has 2 heterocycles. The first kappa shape index (κ1) is 19.9. The summed E-state index contributed by atoms with van der Waals surface area (Å²) in [5.41, 5.74) is 4.52. The van der Waals surface area contributed by atoms with Gasteiger partial charge in [-0.3, -0.25) is 14.7 Å². The average molecular weight is 402 g/mol. The molecular weight excluding hydrogens is 376 g/mol. The lowest BCUT2D eigenvalue weighted by Gasteiger charge is -2.19. The fourth-order valence-electron chi connectivity index (χ4n) is 3.60. The molecule has 0 atom stereocenters. The number of carbonyl (C=O) groups excluding carboxylic acids is 2. The van der Waals surface area contributed by atoms with Crippen molar-refractivity contribution < 1.29 is 9.59 Å². The lowest BCUT2D eigenvalue weighted by molar-refractivity contribution is -0.131. The van der Waals surface area contributed by atoms with Crippen molar-refractivity contribution in [2.24, 2.45) is 0 Å². The lowest BCUT2D eigenvalue weighted by atomic mass is 9.87. The Kier molecular flexibility index (Phi) is 5.16. The Morgan fingerprint density at radius 2 is 1.73 bits per heavy atom. The van der Waals surface area contributed by atoms with Crippen LogP contribution in [0.5, 0.6) is 0 Å². The van der Waals surface area contributed by atoms with Crippen LogP contribution in [0.1, 0.15) is 53.5 Å². The highest BCUT2D eigenvalue weighted by atomic mass is 16.2. The van der Waals surface area contributed by atoms with Crippen LogP contribution in [0.3, 0.4) is 0 Å². The summed E-state index contributed by atoms with van der Waals surface area (Å²) in [6, 6.07) is 17.3. The van der Waals surface area contributed by atoms with Crippen molar-refractivity contribution >= 4 is 17.6 Å². The molecule has 1 aromatic heterocycles. The van der Waals surface area contributed by atoms with Crippen molar-refractivity contribution in [3.05, 3.63) is 82.5 Å². The van der Waals surface area contributed by atoms with Crippen LogP contribution >= 0.6 is 0 Å². The zero-order valence-electron chi connectivity index (χ0n) is 17.5. The fraction of sp³-hybridized carbons (Fsp3) is 0.292. The molecule has 6 heteroatoms. The summed E-state index contributed by atoms with van der Waals surface area (Å²) >= 11 is 0. The number of aromatic nitrogens is 2. The van der Waals surface area contributed by atoms with Gasteiger partial charge in [0.05, 0.1) is 25.2 Å². The summed E-state index contributed by atoms with van der Waals surface area (Å²) < 4.78 is 0. The Balaban J connectivity index is 1.42. The van der Waals surface area contributed by atoms with E-state index in [1.54, 1.807) is 4.90 Å². The molecule has 0 radical (unpaired) electrons. The van der Waals surface area contributed by atoms with Crippen LogP contribution in [0.15, 0.2) is 54.6 Å². The van der Waals surface area contributed by atoms with Gasteiger partial charge in [-0.2, -0.15) is 5.10 Å². The third-order valence-corrected chi connectivity index (χ3v) is 5.45. The number of carbonyl (C=O) groups is 2. The molecule has 2 aromatic carbocycles. The predicted molar refractivity (Wildman–Crippen MR) is 116 cm³/mol. The van der Waals surface area contributed by atoms with Gasteiger partial charge in [0, 0.05) is 11.1 Å². The maximum Gasteiger partial charge on any atom is 0.256 e. The molecular formula is C24H26N4O2. The van der Waals surface area contributed by atoms with Crippen molar-refractivity contribution in [3.63, 3.8) is 0 Å². The topological polar surface area (TPSA) is 78.1 Å². The molecule has 2 amide bonds. The van der Waals surface area contributed by atoms with E-state index in [1.165, 1.54) is 5.56 Å². The van der Waals surface area contributed by atoms with Gasteiger partial charge >= 0.3 is 0 Å². The number of amides is 2. The lowest BCUT2D eigenvalue weighted by Crippen LogP contribution is -2.27. The van der Waals surface area contributed by atoms with E-state index in [0.717, 1.165) is 16.8 Å². The molecule has 2 N–H and O–H groups in total. The second kappa shape index (κ2) is 7.78. The van der Waals surface area contributed by atoms with E-state index in [0.29, 0.717) is 30.9 Å². The van der Waals surface area contributed by atoms with Gasteiger partial charge in [-0.05, 0) is 28.7 Å². The summed E-state index contributed by atoms with van der Waals surface area (Å²) in [6.45, 7) is 7.33. The zero-order valence-corrected chi connectivity index (χ0v) is 17.5. The van der Waals surface area contributed by atoms with Gasteiger partial charge in [-0.1, -0.05) is 63.2 Å². The molecule has 0 aliphatic carbocycles. The van der Waals surface area contributed by atoms with E-state index < -0.39 is 0 Å². The molecule has 0 saturated heterocycles. The number of aromatic amines is 1. The first-order valence-electron chi connectivity index (χ1n) is 10.1. The monoisotopic (exact) mass is 402 g/mol. The summed E-state index contributed by atoms with van der Waals surface area (Å²) in [5.74, 6) is 0.338. The van der Waals surface area contributed by atoms with Gasteiger partial charge in [-0.15, -0.1) is 0 Å². The molecule has 0 saturated carbocycles. The van der Waals surface area contributed by atoms with E-state index in [9.17, 15) is 9.59 Å². The van der Waals surface area contributed by atoms with Gasteiger partial charge in [0.1, 0.15) is 0 Å². The third-order valence-electron chi connectivity index (χ3n) is 5.45. The number of anilines is 1. The largest absolute Gasteiger partial charge is 0.332 e. The SMILES string of the molecule is CC(C)(C)c1ccc(C(=O)Nc2n[nH]c3c2CN(C(=O)Cc2ccccc2)C3)cc1. The number of fused-ring (bicyclic) bond motifs is 1. The highest BCUT2D eigenvalue weighted by Gasteiger charge is 2.29. The number of H-pyrrole nitrogens is 1. The maximum atomic E-state index is 12.7. The standard InChI is InChI=1S/C24H26N4O2/c1-24(2,3)18-11-9-17(10-12-18)23(30)25-22-19-14-28(15-20(19)26-27-22)21(29)13-16-7-5-4-6-8-16/h4-12H,13-15H2,1-3H3,(H2,25,26,27,30). The summed E-state index contributed by atoms with van der Waals surface area (Å²) in [6.07, 6.45) is 0.361. The number of hydrogen-bond acceptors (Lipinski definition) is 3. The minimum atomic E-state index is -0.209. The van der Waals surface area contributed by atoms with E-state index in [1.807, 2.05) is 54.6 Å². The Morgan fingerprint density at radius 1 is 1.03 bits per heavy atom. The van der Waals surface area contributed by atoms with Gasteiger partial charge in [-0.25, -0.2) is 0 Å². The zero-order chi connectivity index (χ0) is 21.3. The van der Waals surface area contributed by atoms with Crippen molar-refractivity contribution in [1.82, 2.24) is 15.1 Å². The second-order valence-electron chi connectivity index (χ2n) is 8.72. The minimum absolute atomic E-state index is 0.0355. The molecule has 6 nitrogen and oxygen atoms in total. The minimum Gasteiger partial charge on any atom is -0.332 e. The van der Waals surface area contributed by atoms with Crippen molar-refractivity contribution in [2.45, 2.75) is 45.7 Å². The number of benzene rings is 2. The summed E-state index contributed by atoms with van der Waals surface area (Å²) in [7, 11) is 0. The van der Waals surface area contributed by atoms with Crippen LogP contribution < -0.4 is 5.32 Å². The summed E-state index contributed by atoms with van der Waals surface area (Å²) in [5, 5.41) is 10.1. The molecule has 0 unspecified atom stereocenters.